The van der Waals surface area contributed by atoms with Gasteiger partial charge in [0.05, 0.1) is 0 Å². The highest BCUT2D eigenvalue weighted by Crippen LogP contribution is 2.18. The summed E-state index contributed by atoms with van der Waals surface area (Å²) in [6, 6.07) is 6.61. The molecule has 0 aliphatic rings. The number of carboxylic acids is 1. The van der Waals surface area contributed by atoms with Crippen molar-refractivity contribution in [2.75, 3.05) is 0 Å². The summed E-state index contributed by atoms with van der Waals surface area (Å²) >= 11 is 0. The Morgan fingerprint density at radius 3 is 2.71 bits per heavy atom. The zero-order valence-corrected chi connectivity index (χ0v) is 9.63. The van der Waals surface area contributed by atoms with Crippen molar-refractivity contribution in [2.45, 2.75) is 18.9 Å². The van der Waals surface area contributed by atoms with Gasteiger partial charge in [-0.05, 0) is 19.1 Å². The SMILES string of the molecule is C=CCC(C)(N=Cc1ccccc1O)C(=O)O. The molecule has 0 bridgehead atoms. The number of phenolic OH excluding ortho intramolecular Hbond substituents is 1. The number of benzene rings is 1. The second-order valence-corrected chi connectivity index (χ2v) is 3.89. The molecule has 0 amide bonds. The fourth-order valence-electron chi connectivity index (χ4n) is 1.29. The van der Waals surface area contributed by atoms with Gasteiger partial charge in [-0.1, -0.05) is 18.2 Å². The number of hydrogen-bond donors (Lipinski definition) is 2. The van der Waals surface area contributed by atoms with Crippen LogP contribution >= 0.6 is 0 Å². The van der Waals surface area contributed by atoms with Crippen molar-refractivity contribution in [1.29, 1.82) is 0 Å². The molecule has 1 aromatic rings. The number of phenols is 1. The minimum Gasteiger partial charge on any atom is -0.507 e. The topological polar surface area (TPSA) is 69.9 Å². The summed E-state index contributed by atoms with van der Waals surface area (Å²) in [7, 11) is 0. The number of aliphatic imine (C=N–C) groups is 1. The molecule has 90 valence electrons. The average Bonchev–Trinajstić information content (AvgIpc) is 2.28. The van der Waals surface area contributed by atoms with Crippen LogP contribution in [0.25, 0.3) is 0 Å². The number of aromatic hydroxyl groups is 1. The van der Waals surface area contributed by atoms with Crippen LogP contribution < -0.4 is 0 Å². The van der Waals surface area contributed by atoms with Gasteiger partial charge in [-0.3, -0.25) is 4.99 Å². The van der Waals surface area contributed by atoms with E-state index < -0.39 is 11.5 Å². The smallest absolute Gasteiger partial charge is 0.331 e. The molecule has 0 aromatic heterocycles. The van der Waals surface area contributed by atoms with Gasteiger partial charge in [0.1, 0.15) is 5.75 Å². The highest BCUT2D eigenvalue weighted by molar-refractivity contribution is 5.87. The van der Waals surface area contributed by atoms with Gasteiger partial charge >= 0.3 is 5.97 Å². The lowest BCUT2D eigenvalue weighted by molar-refractivity contribution is -0.142. The van der Waals surface area contributed by atoms with E-state index in [4.69, 9.17) is 5.11 Å². The number of carbonyl (C=O) groups is 1. The third kappa shape index (κ3) is 3.17. The quantitative estimate of drug-likeness (QED) is 0.605. The summed E-state index contributed by atoms with van der Waals surface area (Å²) in [5.41, 5.74) is -0.756. The molecule has 1 atom stereocenters. The number of rotatable bonds is 5. The van der Waals surface area contributed by atoms with E-state index in [1.54, 1.807) is 18.2 Å². The van der Waals surface area contributed by atoms with Gasteiger partial charge in [-0.25, -0.2) is 4.79 Å². The van der Waals surface area contributed by atoms with Crippen LogP contribution in [0.1, 0.15) is 18.9 Å². The van der Waals surface area contributed by atoms with Gasteiger partial charge in [0.2, 0.25) is 0 Å². The molecule has 1 aromatic carbocycles. The first-order chi connectivity index (χ1) is 7.99. The van der Waals surface area contributed by atoms with Crippen molar-refractivity contribution < 1.29 is 15.0 Å². The maximum atomic E-state index is 11.1. The molecule has 0 aliphatic carbocycles. The lowest BCUT2D eigenvalue weighted by Gasteiger charge is -2.17. The number of hydrogen-bond acceptors (Lipinski definition) is 3. The van der Waals surface area contributed by atoms with E-state index >= 15 is 0 Å². The second-order valence-electron chi connectivity index (χ2n) is 3.89. The van der Waals surface area contributed by atoms with Gasteiger partial charge in [-0.2, -0.15) is 0 Å². The van der Waals surface area contributed by atoms with Crippen LogP contribution in [-0.4, -0.2) is 27.9 Å². The van der Waals surface area contributed by atoms with E-state index in [0.717, 1.165) is 0 Å². The number of para-hydroxylation sites is 1. The van der Waals surface area contributed by atoms with Crippen molar-refractivity contribution in [2.24, 2.45) is 4.99 Å². The third-order valence-electron chi connectivity index (χ3n) is 2.43. The molecule has 1 rings (SSSR count). The first-order valence-corrected chi connectivity index (χ1v) is 5.17. The summed E-state index contributed by atoms with van der Waals surface area (Å²) in [4.78, 5) is 15.1. The summed E-state index contributed by atoms with van der Waals surface area (Å²) < 4.78 is 0. The second kappa shape index (κ2) is 5.30. The van der Waals surface area contributed by atoms with E-state index in [9.17, 15) is 9.90 Å². The molecule has 0 aliphatic heterocycles. The monoisotopic (exact) mass is 233 g/mol. The highest BCUT2D eigenvalue weighted by atomic mass is 16.4. The Morgan fingerprint density at radius 1 is 1.53 bits per heavy atom. The fraction of sp³-hybridized carbons (Fsp3) is 0.231. The van der Waals surface area contributed by atoms with Crippen molar-refractivity contribution in [1.82, 2.24) is 0 Å². The first-order valence-electron chi connectivity index (χ1n) is 5.17. The van der Waals surface area contributed by atoms with Crippen molar-refractivity contribution in [3.8, 4) is 5.75 Å². The number of nitrogens with zero attached hydrogens (tertiary/aromatic N) is 1. The Morgan fingerprint density at radius 2 is 2.18 bits per heavy atom. The Hall–Kier alpha value is -2.10. The van der Waals surface area contributed by atoms with Gasteiger partial charge < -0.3 is 10.2 Å². The predicted octanol–water partition coefficient (Wildman–Crippen LogP) is 2.23. The zero-order chi connectivity index (χ0) is 12.9. The maximum Gasteiger partial charge on any atom is 0.331 e. The van der Waals surface area contributed by atoms with Gasteiger partial charge in [0, 0.05) is 18.2 Å². The standard InChI is InChI=1S/C13H15NO3/c1-3-8-13(2,12(16)17)14-9-10-6-4-5-7-11(10)15/h3-7,9,15H,1,8H2,2H3,(H,16,17). The van der Waals surface area contributed by atoms with Crippen LogP contribution in [0.2, 0.25) is 0 Å². The summed E-state index contributed by atoms with van der Waals surface area (Å²) in [6.07, 6.45) is 3.11. The van der Waals surface area contributed by atoms with Crippen LogP contribution in [0.5, 0.6) is 5.75 Å². The normalized spacial score (nSPS) is 14.4. The summed E-state index contributed by atoms with van der Waals surface area (Å²) in [5.74, 6) is -0.952. The Labute approximate surface area is 99.9 Å². The van der Waals surface area contributed by atoms with Crippen LogP contribution in [0, 0.1) is 0 Å². The van der Waals surface area contributed by atoms with Crippen molar-refractivity contribution >= 4 is 12.2 Å². The van der Waals surface area contributed by atoms with Crippen molar-refractivity contribution in [3.63, 3.8) is 0 Å². The zero-order valence-electron chi connectivity index (χ0n) is 9.63. The molecule has 0 heterocycles. The Kier molecular flexibility index (Phi) is 4.04. The van der Waals surface area contributed by atoms with Crippen LogP contribution in [0.15, 0.2) is 41.9 Å². The minimum absolute atomic E-state index is 0.0718. The Bertz CT molecular complexity index is 454. The van der Waals surface area contributed by atoms with Crippen LogP contribution in [-0.2, 0) is 4.79 Å². The van der Waals surface area contributed by atoms with Gasteiger partial charge in [-0.15, -0.1) is 6.58 Å². The van der Waals surface area contributed by atoms with E-state index in [2.05, 4.69) is 11.6 Å². The number of aliphatic carboxylic acids is 1. The predicted molar refractivity (Wildman–Crippen MR) is 66.6 cm³/mol. The van der Waals surface area contributed by atoms with E-state index in [1.807, 2.05) is 0 Å². The molecule has 0 fully saturated rings. The Balaban J connectivity index is 2.99. The lowest BCUT2D eigenvalue weighted by Crippen LogP contribution is -2.32. The molecule has 0 saturated carbocycles. The van der Waals surface area contributed by atoms with Crippen LogP contribution in [0.4, 0.5) is 0 Å². The largest absolute Gasteiger partial charge is 0.507 e. The maximum absolute atomic E-state index is 11.1. The average molecular weight is 233 g/mol. The number of carboxylic acid groups (broad SMARTS) is 1. The lowest BCUT2D eigenvalue weighted by atomic mass is 9.99. The van der Waals surface area contributed by atoms with E-state index in [1.165, 1.54) is 25.3 Å². The first kappa shape index (κ1) is 13.0. The van der Waals surface area contributed by atoms with E-state index in [0.29, 0.717) is 5.56 Å². The molecule has 1 unspecified atom stereocenters. The molecule has 0 saturated heterocycles. The molecule has 0 radical (unpaired) electrons. The highest BCUT2D eigenvalue weighted by Gasteiger charge is 2.30. The molecule has 17 heavy (non-hydrogen) atoms. The van der Waals surface area contributed by atoms with Crippen LogP contribution in [0.3, 0.4) is 0 Å². The third-order valence-corrected chi connectivity index (χ3v) is 2.43. The molecule has 4 nitrogen and oxygen atoms in total. The van der Waals surface area contributed by atoms with Crippen molar-refractivity contribution in [3.05, 3.63) is 42.5 Å². The molecule has 0 spiro atoms. The fourth-order valence-corrected chi connectivity index (χ4v) is 1.29. The molecular weight excluding hydrogens is 218 g/mol. The van der Waals surface area contributed by atoms with E-state index in [-0.39, 0.29) is 12.2 Å². The minimum atomic E-state index is -1.25. The molecule has 2 N–H and O–H groups in total. The molecule has 4 heteroatoms. The summed E-state index contributed by atoms with van der Waals surface area (Å²) in [6.45, 7) is 5.02. The summed E-state index contributed by atoms with van der Waals surface area (Å²) in [5, 5.41) is 18.6. The van der Waals surface area contributed by atoms with Gasteiger partial charge in [0.15, 0.2) is 5.54 Å². The van der Waals surface area contributed by atoms with Gasteiger partial charge in [0.25, 0.3) is 0 Å². The molecular formula is C13H15NO3.